The average molecular weight is 203 g/mol. The van der Waals surface area contributed by atoms with Crippen LogP contribution in [0.1, 0.15) is 6.92 Å². The topological polar surface area (TPSA) is 9.23 Å². The van der Waals surface area contributed by atoms with Gasteiger partial charge in [0.1, 0.15) is 0 Å². The zero-order chi connectivity index (χ0) is 8.97. The number of methoxy groups -OCH3 is 1. The van der Waals surface area contributed by atoms with Crippen molar-refractivity contribution >= 4 is 23.4 Å². The number of halogens is 1. The molecule has 0 aliphatic rings. The zero-order valence-corrected chi connectivity index (χ0v) is 8.71. The molecule has 0 saturated heterocycles. The zero-order valence-electron chi connectivity index (χ0n) is 7.13. The summed E-state index contributed by atoms with van der Waals surface area (Å²) >= 11 is 7.66. The Hall–Kier alpha value is -0.340. The molecule has 66 valence electrons. The van der Waals surface area contributed by atoms with E-state index in [4.69, 9.17) is 16.3 Å². The lowest BCUT2D eigenvalue weighted by Crippen LogP contribution is -1.87. The Morgan fingerprint density at radius 2 is 2.25 bits per heavy atom. The van der Waals surface area contributed by atoms with E-state index in [1.54, 1.807) is 18.9 Å². The van der Waals surface area contributed by atoms with Crippen molar-refractivity contribution in [2.24, 2.45) is 0 Å². The molecule has 0 atom stereocenters. The smallest absolute Gasteiger partial charge is 0.150 e. The van der Waals surface area contributed by atoms with Crippen LogP contribution in [0.15, 0.2) is 23.1 Å². The number of thioether (sulfide) groups is 1. The Kier molecular flexibility index (Phi) is 3.76. The van der Waals surface area contributed by atoms with Gasteiger partial charge in [0.15, 0.2) is 5.75 Å². The van der Waals surface area contributed by atoms with Crippen LogP contribution in [0.2, 0.25) is 5.02 Å². The highest BCUT2D eigenvalue weighted by Crippen LogP contribution is 2.34. The first-order chi connectivity index (χ1) is 5.79. The fourth-order valence-corrected chi connectivity index (χ4v) is 2.07. The van der Waals surface area contributed by atoms with E-state index in [1.807, 2.05) is 18.2 Å². The van der Waals surface area contributed by atoms with E-state index in [1.165, 1.54) is 0 Å². The number of hydrogen-bond donors (Lipinski definition) is 0. The number of para-hydroxylation sites is 1. The first-order valence-electron chi connectivity index (χ1n) is 3.75. The fourth-order valence-electron chi connectivity index (χ4n) is 0.956. The summed E-state index contributed by atoms with van der Waals surface area (Å²) in [6, 6.07) is 5.78. The molecule has 1 rings (SSSR count). The van der Waals surface area contributed by atoms with Crippen LogP contribution in [-0.2, 0) is 0 Å². The molecule has 0 aliphatic heterocycles. The number of hydrogen-bond acceptors (Lipinski definition) is 2. The van der Waals surface area contributed by atoms with Crippen LogP contribution < -0.4 is 4.74 Å². The van der Waals surface area contributed by atoms with Gasteiger partial charge >= 0.3 is 0 Å². The standard InChI is InChI=1S/C9H11ClOS/c1-3-12-8-6-4-5-7(10)9(8)11-2/h4-6H,3H2,1-2H3. The molecule has 0 unspecified atom stereocenters. The van der Waals surface area contributed by atoms with Crippen molar-refractivity contribution in [3.05, 3.63) is 23.2 Å². The SMILES string of the molecule is CCSc1cccc(Cl)c1OC. The van der Waals surface area contributed by atoms with E-state index in [-0.39, 0.29) is 0 Å². The van der Waals surface area contributed by atoms with Gasteiger partial charge < -0.3 is 4.74 Å². The van der Waals surface area contributed by atoms with E-state index < -0.39 is 0 Å². The molecule has 0 fully saturated rings. The second-order valence-electron chi connectivity index (χ2n) is 2.20. The summed E-state index contributed by atoms with van der Waals surface area (Å²) in [6.07, 6.45) is 0. The summed E-state index contributed by atoms with van der Waals surface area (Å²) < 4.78 is 5.18. The molecule has 0 N–H and O–H groups in total. The van der Waals surface area contributed by atoms with Crippen LogP contribution >= 0.6 is 23.4 Å². The van der Waals surface area contributed by atoms with Crippen molar-refractivity contribution in [3.63, 3.8) is 0 Å². The van der Waals surface area contributed by atoms with Crippen molar-refractivity contribution in [3.8, 4) is 5.75 Å². The van der Waals surface area contributed by atoms with E-state index in [0.29, 0.717) is 5.02 Å². The normalized spacial score (nSPS) is 9.92. The quantitative estimate of drug-likeness (QED) is 0.695. The minimum absolute atomic E-state index is 0.677. The van der Waals surface area contributed by atoms with Crippen LogP contribution in [0.4, 0.5) is 0 Å². The highest BCUT2D eigenvalue weighted by molar-refractivity contribution is 7.99. The molecule has 0 aromatic heterocycles. The third-order valence-corrected chi connectivity index (χ3v) is 2.65. The summed E-state index contributed by atoms with van der Waals surface area (Å²) in [5.41, 5.74) is 0. The molecule has 0 spiro atoms. The first kappa shape index (κ1) is 9.75. The third kappa shape index (κ3) is 2.08. The molecule has 0 amide bonds. The van der Waals surface area contributed by atoms with Crippen molar-refractivity contribution in [1.82, 2.24) is 0 Å². The Morgan fingerprint density at radius 1 is 1.50 bits per heavy atom. The average Bonchev–Trinajstić information content (AvgIpc) is 2.05. The number of benzene rings is 1. The van der Waals surface area contributed by atoms with E-state index >= 15 is 0 Å². The molecule has 0 saturated carbocycles. The second kappa shape index (κ2) is 4.63. The van der Waals surface area contributed by atoms with Crippen LogP contribution in [0.5, 0.6) is 5.75 Å². The summed E-state index contributed by atoms with van der Waals surface area (Å²) in [4.78, 5) is 1.10. The molecule has 12 heavy (non-hydrogen) atoms. The predicted molar refractivity (Wildman–Crippen MR) is 54.4 cm³/mol. The Morgan fingerprint density at radius 3 is 2.83 bits per heavy atom. The Labute approximate surface area is 82.1 Å². The van der Waals surface area contributed by atoms with Crippen molar-refractivity contribution < 1.29 is 4.74 Å². The van der Waals surface area contributed by atoms with Crippen molar-refractivity contribution in [2.45, 2.75) is 11.8 Å². The van der Waals surface area contributed by atoms with Crippen LogP contribution in [-0.4, -0.2) is 12.9 Å². The minimum atomic E-state index is 0.677. The number of rotatable bonds is 3. The van der Waals surface area contributed by atoms with Gasteiger partial charge in [-0.25, -0.2) is 0 Å². The Balaban J connectivity index is 3.00. The minimum Gasteiger partial charge on any atom is -0.494 e. The highest BCUT2D eigenvalue weighted by atomic mass is 35.5. The maximum absolute atomic E-state index is 5.93. The van der Waals surface area contributed by atoms with Gasteiger partial charge in [-0.2, -0.15) is 0 Å². The van der Waals surface area contributed by atoms with Crippen LogP contribution in [0.3, 0.4) is 0 Å². The van der Waals surface area contributed by atoms with Gasteiger partial charge in [0.2, 0.25) is 0 Å². The third-order valence-electron chi connectivity index (χ3n) is 1.43. The lowest BCUT2D eigenvalue weighted by Gasteiger charge is -2.07. The maximum Gasteiger partial charge on any atom is 0.150 e. The molecule has 1 nitrogen and oxygen atoms in total. The molecular formula is C9H11ClOS. The second-order valence-corrected chi connectivity index (χ2v) is 3.92. The fraction of sp³-hybridized carbons (Fsp3) is 0.333. The van der Waals surface area contributed by atoms with E-state index in [9.17, 15) is 0 Å². The molecule has 0 aliphatic carbocycles. The molecule has 1 aromatic rings. The summed E-state index contributed by atoms with van der Waals surface area (Å²) in [7, 11) is 1.64. The van der Waals surface area contributed by atoms with Gasteiger partial charge in [-0.05, 0) is 17.9 Å². The molecule has 0 bridgehead atoms. The maximum atomic E-state index is 5.93. The molecular weight excluding hydrogens is 192 g/mol. The summed E-state index contributed by atoms with van der Waals surface area (Å²) in [5.74, 6) is 1.81. The van der Waals surface area contributed by atoms with Crippen molar-refractivity contribution in [1.29, 1.82) is 0 Å². The van der Waals surface area contributed by atoms with Gasteiger partial charge in [-0.1, -0.05) is 24.6 Å². The van der Waals surface area contributed by atoms with Gasteiger partial charge in [-0.15, -0.1) is 11.8 Å². The van der Waals surface area contributed by atoms with Gasteiger partial charge in [0, 0.05) is 0 Å². The summed E-state index contributed by atoms with van der Waals surface area (Å²) in [6.45, 7) is 2.10. The monoisotopic (exact) mass is 202 g/mol. The molecule has 1 aromatic carbocycles. The lowest BCUT2D eigenvalue weighted by molar-refractivity contribution is 0.405. The first-order valence-corrected chi connectivity index (χ1v) is 5.11. The van der Waals surface area contributed by atoms with Crippen LogP contribution in [0.25, 0.3) is 0 Å². The van der Waals surface area contributed by atoms with Gasteiger partial charge in [0.25, 0.3) is 0 Å². The Bertz CT molecular complexity index is 263. The highest BCUT2D eigenvalue weighted by Gasteiger charge is 2.05. The predicted octanol–water partition coefficient (Wildman–Crippen LogP) is 3.46. The number of ether oxygens (including phenoxy) is 1. The van der Waals surface area contributed by atoms with Gasteiger partial charge in [-0.3, -0.25) is 0 Å². The lowest BCUT2D eigenvalue weighted by atomic mass is 10.3. The van der Waals surface area contributed by atoms with Crippen molar-refractivity contribution in [2.75, 3.05) is 12.9 Å². The molecule has 0 heterocycles. The largest absolute Gasteiger partial charge is 0.494 e. The van der Waals surface area contributed by atoms with Crippen LogP contribution in [0, 0.1) is 0 Å². The van der Waals surface area contributed by atoms with Gasteiger partial charge in [0.05, 0.1) is 17.0 Å². The van der Waals surface area contributed by atoms with E-state index in [0.717, 1.165) is 16.4 Å². The summed E-state index contributed by atoms with van der Waals surface area (Å²) in [5, 5.41) is 0.677. The van der Waals surface area contributed by atoms with E-state index in [2.05, 4.69) is 6.92 Å². The molecule has 3 heteroatoms. The molecule has 0 radical (unpaired) electrons.